The maximum Gasteiger partial charge on any atom is 0.319 e. The largest absolute Gasteiger partial charge is 0.495 e. The van der Waals surface area contributed by atoms with E-state index in [1.54, 1.807) is 14.2 Å². The summed E-state index contributed by atoms with van der Waals surface area (Å²) in [5, 5.41) is 5.85. The zero-order valence-corrected chi connectivity index (χ0v) is 15.9. The van der Waals surface area contributed by atoms with Crippen molar-refractivity contribution < 1.29 is 14.3 Å². The first-order valence-electron chi connectivity index (χ1n) is 9.20. The molecule has 0 aliphatic carbocycles. The smallest absolute Gasteiger partial charge is 0.319 e. The normalized spacial score (nSPS) is 16.2. The first-order chi connectivity index (χ1) is 13.2. The van der Waals surface area contributed by atoms with Gasteiger partial charge in [-0.1, -0.05) is 24.3 Å². The highest BCUT2D eigenvalue weighted by atomic mass is 16.5. The molecular weight excluding hydrogens is 342 g/mol. The minimum absolute atomic E-state index is 0.176. The van der Waals surface area contributed by atoms with Crippen molar-refractivity contribution in [2.75, 3.05) is 44.1 Å². The van der Waals surface area contributed by atoms with Crippen molar-refractivity contribution in [3.63, 3.8) is 0 Å². The van der Waals surface area contributed by atoms with Gasteiger partial charge in [-0.25, -0.2) is 4.79 Å². The van der Waals surface area contributed by atoms with Crippen LogP contribution in [0.2, 0.25) is 0 Å². The molecule has 1 fully saturated rings. The second-order valence-electron chi connectivity index (χ2n) is 6.74. The lowest BCUT2D eigenvalue weighted by atomic mass is 10.1. The number of para-hydroxylation sites is 2. The number of hydrogen-bond donors (Lipinski definition) is 2. The first kappa shape index (κ1) is 19.0. The van der Waals surface area contributed by atoms with Crippen molar-refractivity contribution >= 4 is 17.4 Å². The van der Waals surface area contributed by atoms with Gasteiger partial charge in [-0.05, 0) is 42.2 Å². The number of urea groups is 1. The van der Waals surface area contributed by atoms with Crippen LogP contribution >= 0.6 is 0 Å². The van der Waals surface area contributed by atoms with Gasteiger partial charge in [0.15, 0.2) is 0 Å². The molecule has 3 rings (SSSR count). The Labute approximate surface area is 160 Å². The van der Waals surface area contributed by atoms with Crippen molar-refractivity contribution in [2.45, 2.75) is 13.0 Å². The monoisotopic (exact) mass is 369 g/mol. The molecule has 0 bridgehead atoms. The van der Waals surface area contributed by atoms with E-state index in [2.05, 4.69) is 21.6 Å². The number of anilines is 2. The van der Waals surface area contributed by atoms with E-state index >= 15 is 0 Å². The van der Waals surface area contributed by atoms with Crippen LogP contribution in [0.1, 0.15) is 12.0 Å². The van der Waals surface area contributed by atoms with Crippen LogP contribution < -0.4 is 20.3 Å². The Hall–Kier alpha value is -2.73. The van der Waals surface area contributed by atoms with Crippen LogP contribution in [0.25, 0.3) is 0 Å². The maximum absolute atomic E-state index is 12.2. The number of amides is 2. The van der Waals surface area contributed by atoms with Gasteiger partial charge in [0.2, 0.25) is 0 Å². The van der Waals surface area contributed by atoms with E-state index in [-0.39, 0.29) is 6.03 Å². The predicted octanol–water partition coefficient (Wildman–Crippen LogP) is 3.49. The van der Waals surface area contributed by atoms with Crippen LogP contribution in [0.5, 0.6) is 5.75 Å². The summed E-state index contributed by atoms with van der Waals surface area (Å²) >= 11 is 0. The predicted molar refractivity (Wildman–Crippen MR) is 107 cm³/mol. The maximum atomic E-state index is 12.2. The topological polar surface area (TPSA) is 62.8 Å². The molecule has 0 aromatic heterocycles. The Kier molecular flexibility index (Phi) is 6.54. The molecule has 2 N–H and O–H groups in total. The molecule has 0 unspecified atom stereocenters. The average Bonchev–Trinajstić information content (AvgIpc) is 3.17. The van der Waals surface area contributed by atoms with Crippen molar-refractivity contribution in [3.05, 3.63) is 54.1 Å². The van der Waals surface area contributed by atoms with Crippen molar-refractivity contribution in [3.8, 4) is 5.75 Å². The number of hydrogen-bond acceptors (Lipinski definition) is 4. The van der Waals surface area contributed by atoms with Gasteiger partial charge in [-0.3, -0.25) is 0 Å². The van der Waals surface area contributed by atoms with Crippen molar-refractivity contribution in [1.82, 2.24) is 5.32 Å². The number of benzene rings is 2. The second-order valence-corrected chi connectivity index (χ2v) is 6.74. The van der Waals surface area contributed by atoms with Crippen LogP contribution in [-0.4, -0.2) is 39.9 Å². The third kappa shape index (κ3) is 5.14. The number of carbonyl (C=O) groups excluding carboxylic acids is 1. The van der Waals surface area contributed by atoms with E-state index in [0.29, 0.717) is 19.1 Å². The lowest BCUT2D eigenvalue weighted by Crippen LogP contribution is -2.34. The Balaban J connectivity index is 1.45. The van der Waals surface area contributed by atoms with Gasteiger partial charge >= 0.3 is 6.03 Å². The molecule has 6 heteroatoms. The van der Waals surface area contributed by atoms with E-state index in [4.69, 9.17) is 9.47 Å². The van der Waals surface area contributed by atoms with E-state index in [1.807, 2.05) is 42.5 Å². The zero-order valence-electron chi connectivity index (χ0n) is 15.9. The molecule has 2 aromatic carbocycles. The third-order valence-corrected chi connectivity index (χ3v) is 4.79. The van der Waals surface area contributed by atoms with Crippen molar-refractivity contribution in [2.24, 2.45) is 5.92 Å². The highest BCUT2D eigenvalue weighted by Gasteiger charge is 2.24. The minimum Gasteiger partial charge on any atom is -0.495 e. The van der Waals surface area contributed by atoms with Gasteiger partial charge in [0.1, 0.15) is 5.75 Å². The minimum atomic E-state index is -0.176. The lowest BCUT2D eigenvalue weighted by molar-refractivity contribution is 0.185. The summed E-state index contributed by atoms with van der Waals surface area (Å²) in [6.45, 7) is 3.10. The number of rotatable bonds is 7. The lowest BCUT2D eigenvalue weighted by Gasteiger charge is -2.21. The first-order valence-corrected chi connectivity index (χ1v) is 9.20. The molecule has 2 aromatic rings. The molecule has 1 aliphatic rings. The van der Waals surface area contributed by atoms with Gasteiger partial charge in [0.05, 0.1) is 19.4 Å². The Bertz CT molecular complexity index is 749. The number of ether oxygens (including phenoxy) is 2. The molecule has 0 radical (unpaired) electrons. The molecule has 144 valence electrons. The van der Waals surface area contributed by atoms with Gasteiger partial charge in [-0.2, -0.15) is 0 Å². The van der Waals surface area contributed by atoms with E-state index < -0.39 is 0 Å². The summed E-state index contributed by atoms with van der Waals surface area (Å²) in [5.74, 6) is 1.31. The molecular formula is C21H27N3O3. The number of methoxy groups -OCH3 is 2. The summed E-state index contributed by atoms with van der Waals surface area (Å²) in [4.78, 5) is 14.5. The quantitative estimate of drug-likeness (QED) is 0.784. The molecule has 1 aliphatic heterocycles. The summed E-state index contributed by atoms with van der Waals surface area (Å²) in [6, 6.07) is 15.5. The second kappa shape index (κ2) is 9.28. The fourth-order valence-corrected chi connectivity index (χ4v) is 3.37. The molecule has 1 saturated heterocycles. The van der Waals surface area contributed by atoms with Crippen molar-refractivity contribution in [1.29, 1.82) is 0 Å². The molecule has 2 amide bonds. The van der Waals surface area contributed by atoms with Gasteiger partial charge < -0.3 is 25.0 Å². The van der Waals surface area contributed by atoms with Crippen LogP contribution in [0.3, 0.4) is 0 Å². The van der Waals surface area contributed by atoms with Crippen LogP contribution in [-0.2, 0) is 11.3 Å². The fraction of sp³-hybridized carbons (Fsp3) is 0.381. The van der Waals surface area contributed by atoms with E-state index in [9.17, 15) is 4.79 Å². The number of nitrogens with one attached hydrogen (secondary N) is 2. The third-order valence-electron chi connectivity index (χ3n) is 4.79. The van der Waals surface area contributed by atoms with Crippen LogP contribution in [0.15, 0.2) is 48.5 Å². The highest BCUT2D eigenvalue weighted by molar-refractivity contribution is 5.89. The summed E-state index contributed by atoms with van der Waals surface area (Å²) in [7, 11) is 3.36. The number of nitrogens with zero attached hydrogens (tertiary/aromatic N) is 1. The molecule has 1 heterocycles. The molecule has 27 heavy (non-hydrogen) atoms. The standard InChI is InChI=1S/C21H27N3O3/c1-26-15-16-7-9-18(10-8-16)23-21(25)22-13-17-11-12-24(14-17)19-5-3-4-6-20(19)27-2/h3-10,17H,11-15H2,1-2H3,(H2,22,23,25)/t17-/m0/s1. The Morgan fingerprint density at radius 1 is 1.15 bits per heavy atom. The summed E-state index contributed by atoms with van der Waals surface area (Å²) < 4.78 is 10.5. The Morgan fingerprint density at radius 2 is 1.93 bits per heavy atom. The van der Waals surface area contributed by atoms with Crippen LogP contribution in [0.4, 0.5) is 16.2 Å². The van der Waals surface area contributed by atoms with E-state index in [0.717, 1.165) is 42.2 Å². The summed E-state index contributed by atoms with van der Waals surface area (Å²) in [6.07, 6.45) is 1.05. The van der Waals surface area contributed by atoms with Gasteiger partial charge in [0, 0.05) is 32.4 Å². The van der Waals surface area contributed by atoms with E-state index in [1.165, 1.54) is 0 Å². The summed E-state index contributed by atoms with van der Waals surface area (Å²) in [5.41, 5.74) is 2.96. The molecule has 6 nitrogen and oxygen atoms in total. The van der Waals surface area contributed by atoms with Gasteiger partial charge in [0.25, 0.3) is 0 Å². The fourth-order valence-electron chi connectivity index (χ4n) is 3.37. The van der Waals surface area contributed by atoms with Gasteiger partial charge in [-0.15, -0.1) is 0 Å². The molecule has 0 spiro atoms. The zero-order chi connectivity index (χ0) is 19.1. The average molecular weight is 369 g/mol. The molecule has 0 saturated carbocycles. The number of carbonyl (C=O) groups is 1. The highest BCUT2D eigenvalue weighted by Crippen LogP contribution is 2.31. The Morgan fingerprint density at radius 3 is 2.67 bits per heavy atom. The molecule has 1 atom stereocenters. The SMILES string of the molecule is COCc1ccc(NC(=O)NC[C@@H]2CCN(c3ccccc3OC)C2)cc1. The van der Waals surface area contributed by atoms with Crippen LogP contribution in [0, 0.1) is 5.92 Å².